The molecule has 1 unspecified atom stereocenters. The van der Waals surface area contributed by atoms with Crippen LogP contribution in [-0.2, 0) is 9.53 Å². The fourth-order valence-corrected chi connectivity index (χ4v) is 4.55. The number of nitrogens with one attached hydrogen (secondary N) is 2. The fourth-order valence-electron chi connectivity index (χ4n) is 4.08. The first-order chi connectivity index (χ1) is 17.0. The Kier molecular flexibility index (Phi) is 7.67. The maximum atomic E-state index is 12.4. The lowest BCUT2D eigenvalue weighted by atomic mass is 9.98. The molecule has 1 aliphatic rings. The Morgan fingerprint density at radius 3 is 2.26 bits per heavy atom. The van der Waals surface area contributed by atoms with E-state index in [0.29, 0.717) is 17.9 Å². The third-order valence-corrected chi connectivity index (χ3v) is 6.44. The lowest BCUT2D eigenvalue weighted by Crippen LogP contribution is -2.41. The van der Waals surface area contributed by atoms with Crippen LogP contribution in [0.25, 0.3) is 11.1 Å². The summed E-state index contributed by atoms with van der Waals surface area (Å²) in [5.41, 5.74) is 4.95. The van der Waals surface area contributed by atoms with Crippen molar-refractivity contribution < 1.29 is 24.2 Å². The van der Waals surface area contributed by atoms with Gasteiger partial charge in [0, 0.05) is 5.92 Å². The average molecular weight is 492 g/mol. The zero-order valence-electron chi connectivity index (χ0n) is 19.1. The van der Waals surface area contributed by atoms with Gasteiger partial charge in [0.25, 0.3) is 5.91 Å². The third-order valence-electron chi connectivity index (χ3n) is 5.80. The summed E-state index contributed by atoms with van der Waals surface area (Å²) in [4.78, 5) is 40.2. The molecule has 1 heterocycles. The minimum atomic E-state index is -1.10. The summed E-state index contributed by atoms with van der Waals surface area (Å²) in [7, 11) is 0. The van der Waals surface area contributed by atoms with Crippen LogP contribution in [-0.4, -0.2) is 52.7 Å². The molecule has 2 amide bonds. The number of fused-ring (bicyclic) bond motifs is 3. The van der Waals surface area contributed by atoms with Gasteiger partial charge < -0.3 is 15.2 Å². The van der Waals surface area contributed by atoms with Gasteiger partial charge >= 0.3 is 12.1 Å². The van der Waals surface area contributed by atoms with Gasteiger partial charge in [-0.3, -0.25) is 10.1 Å². The minimum Gasteiger partial charge on any atom is -0.480 e. The molecule has 3 N–H and O–H groups in total. The van der Waals surface area contributed by atoms with E-state index >= 15 is 0 Å². The van der Waals surface area contributed by atoms with Gasteiger partial charge in [-0.25, -0.2) is 14.6 Å². The highest BCUT2D eigenvalue weighted by atomic mass is 32.2. The summed E-state index contributed by atoms with van der Waals surface area (Å²) in [6.45, 7) is 0.181. The van der Waals surface area contributed by atoms with Gasteiger partial charge in [-0.15, -0.1) is 0 Å². The number of ether oxygens (including phenoxy) is 1. The van der Waals surface area contributed by atoms with Crippen LogP contribution in [0.15, 0.2) is 66.9 Å². The molecule has 0 radical (unpaired) electrons. The average Bonchev–Trinajstić information content (AvgIpc) is 3.19. The predicted molar refractivity (Wildman–Crippen MR) is 135 cm³/mol. The van der Waals surface area contributed by atoms with Gasteiger partial charge in [0.1, 0.15) is 18.3 Å². The summed E-state index contributed by atoms with van der Waals surface area (Å²) < 4.78 is 5.51. The van der Waals surface area contributed by atoms with Crippen LogP contribution in [0.4, 0.5) is 10.5 Å². The second-order valence-electron chi connectivity index (χ2n) is 8.03. The number of carboxylic acid groups (broad SMARTS) is 1. The van der Waals surface area contributed by atoms with E-state index in [4.69, 9.17) is 4.74 Å². The first-order valence-electron chi connectivity index (χ1n) is 11.1. The molecular formula is C26H25N3O5S. The number of anilines is 1. The van der Waals surface area contributed by atoms with Gasteiger partial charge in [0.15, 0.2) is 0 Å². The molecule has 3 aromatic rings. The summed E-state index contributed by atoms with van der Waals surface area (Å²) in [5, 5.41) is 14.4. The Balaban J connectivity index is 1.34. The fraction of sp³-hybridized carbons (Fsp3) is 0.231. The van der Waals surface area contributed by atoms with Crippen molar-refractivity contribution in [3.8, 4) is 11.1 Å². The molecule has 0 bridgehead atoms. The highest BCUT2D eigenvalue weighted by Crippen LogP contribution is 2.44. The quantitative estimate of drug-likeness (QED) is 0.407. The number of benzene rings is 2. The number of carbonyl (C=O) groups is 3. The van der Waals surface area contributed by atoms with E-state index in [0.717, 1.165) is 22.3 Å². The predicted octanol–water partition coefficient (Wildman–Crippen LogP) is 4.38. The normalized spacial score (nSPS) is 12.8. The molecule has 1 atom stereocenters. The van der Waals surface area contributed by atoms with Crippen molar-refractivity contribution >= 4 is 35.4 Å². The largest absolute Gasteiger partial charge is 0.480 e. The Hall–Kier alpha value is -3.85. The summed E-state index contributed by atoms with van der Waals surface area (Å²) in [6, 6.07) is 18.1. The first-order valence-corrected chi connectivity index (χ1v) is 12.5. The van der Waals surface area contributed by atoms with Crippen molar-refractivity contribution in [3.63, 3.8) is 0 Å². The second-order valence-corrected chi connectivity index (χ2v) is 9.01. The van der Waals surface area contributed by atoms with Gasteiger partial charge in [-0.05, 0) is 52.8 Å². The molecule has 1 aromatic heterocycles. The summed E-state index contributed by atoms with van der Waals surface area (Å²) in [5.74, 6) is -1.13. The van der Waals surface area contributed by atoms with Crippen LogP contribution in [0.5, 0.6) is 0 Å². The number of thioether (sulfide) groups is 1. The van der Waals surface area contributed by atoms with Crippen molar-refractivity contribution in [1.29, 1.82) is 0 Å². The van der Waals surface area contributed by atoms with Crippen LogP contribution >= 0.6 is 11.8 Å². The second kappa shape index (κ2) is 11.1. The van der Waals surface area contributed by atoms with E-state index in [1.807, 2.05) is 42.7 Å². The van der Waals surface area contributed by atoms with Crippen LogP contribution in [0.1, 0.15) is 34.0 Å². The van der Waals surface area contributed by atoms with Gasteiger partial charge in [-0.2, -0.15) is 11.8 Å². The molecule has 9 heteroatoms. The van der Waals surface area contributed by atoms with Crippen molar-refractivity contribution in [2.24, 2.45) is 0 Å². The standard InChI is InChI=1S/C26H25N3O5S/c1-35-13-12-23(25(31)32)29-24(30)22-11-10-16(14-27-22)28-26(33)34-15-21-19-8-4-2-6-17(19)18-7-3-5-9-20(18)21/h2-11,14,21,23H,12-13,15H2,1H3,(H,28,33)(H,29,30)(H,31,32). The number of rotatable bonds is 9. The van der Waals surface area contributed by atoms with Crippen molar-refractivity contribution in [2.75, 3.05) is 23.9 Å². The Morgan fingerprint density at radius 2 is 1.69 bits per heavy atom. The smallest absolute Gasteiger partial charge is 0.411 e. The number of carbonyl (C=O) groups excluding carboxylic acids is 2. The highest BCUT2D eigenvalue weighted by Gasteiger charge is 2.29. The van der Waals surface area contributed by atoms with Crippen LogP contribution in [0, 0.1) is 0 Å². The zero-order chi connectivity index (χ0) is 24.8. The summed E-state index contributed by atoms with van der Waals surface area (Å²) in [6.07, 6.45) is 2.87. The number of aliphatic carboxylic acids is 1. The molecule has 2 aromatic carbocycles. The molecule has 0 saturated heterocycles. The van der Waals surface area contributed by atoms with Crippen molar-refractivity contribution in [1.82, 2.24) is 10.3 Å². The topological polar surface area (TPSA) is 118 Å². The SMILES string of the molecule is CSCCC(NC(=O)c1ccc(NC(=O)OCC2c3ccccc3-c3ccccc32)cn1)C(=O)O. The van der Waals surface area contributed by atoms with E-state index in [9.17, 15) is 19.5 Å². The monoisotopic (exact) mass is 491 g/mol. The first kappa shape index (κ1) is 24.3. The van der Waals surface area contributed by atoms with E-state index in [2.05, 4.69) is 27.8 Å². The van der Waals surface area contributed by atoms with Gasteiger partial charge in [0.2, 0.25) is 0 Å². The molecule has 0 fully saturated rings. The number of aromatic nitrogens is 1. The molecule has 0 spiro atoms. The molecule has 0 saturated carbocycles. The zero-order valence-corrected chi connectivity index (χ0v) is 19.9. The number of hydrogen-bond donors (Lipinski definition) is 3. The number of pyridine rings is 1. The lowest BCUT2D eigenvalue weighted by molar-refractivity contribution is -0.139. The van der Waals surface area contributed by atoms with E-state index in [1.165, 1.54) is 30.1 Å². The molecule has 35 heavy (non-hydrogen) atoms. The van der Waals surface area contributed by atoms with E-state index in [-0.39, 0.29) is 18.2 Å². The number of amides is 2. The van der Waals surface area contributed by atoms with E-state index in [1.54, 1.807) is 0 Å². The summed E-state index contributed by atoms with van der Waals surface area (Å²) >= 11 is 1.50. The Bertz CT molecular complexity index is 1190. The molecule has 8 nitrogen and oxygen atoms in total. The van der Waals surface area contributed by atoms with Gasteiger partial charge in [-0.1, -0.05) is 48.5 Å². The Labute approximate surface area is 207 Å². The number of nitrogens with zero attached hydrogens (tertiary/aromatic N) is 1. The van der Waals surface area contributed by atoms with Crippen LogP contribution < -0.4 is 10.6 Å². The maximum absolute atomic E-state index is 12.4. The maximum Gasteiger partial charge on any atom is 0.411 e. The third kappa shape index (κ3) is 5.63. The highest BCUT2D eigenvalue weighted by molar-refractivity contribution is 7.98. The van der Waals surface area contributed by atoms with Crippen LogP contribution in [0.2, 0.25) is 0 Å². The molecule has 180 valence electrons. The van der Waals surface area contributed by atoms with Crippen LogP contribution in [0.3, 0.4) is 0 Å². The number of hydrogen-bond acceptors (Lipinski definition) is 6. The molecule has 4 rings (SSSR count). The van der Waals surface area contributed by atoms with Crippen molar-refractivity contribution in [2.45, 2.75) is 18.4 Å². The number of carboxylic acids is 1. The molecular weight excluding hydrogens is 466 g/mol. The Morgan fingerprint density at radius 1 is 1.03 bits per heavy atom. The lowest BCUT2D eigenvalue weighted by Gasteiger charge is -2.15. The minimum absolute atomic E-state index is 0.0503. The van der Waals surface area contributed by atoms with Crippen molar-refractivity contribution in [3.05, 3.63) is 83.7 Å². The van der Waals surface area contributed by atoms with E-state index < -0.39 is 24.0 Å². The van der Waals surface area contributed by atoms with Gasteiger partial charge in [0.05, 0.1) is 11.9 Å². The molecule has 1 aliphatic carbocycles. The molecule has 0 aliphatic heterocycles.